The maximum Gasteiger partial charge on any atom is 0.305 e. The summed E-state index contributed by atoms with van der Waals surface area (Å²) in [6, 6.07) is -0.630. The van der Waals surface area contributed by atoms with Gasteiger partial charge >= 0.3 is 5.97 Å². The Morgan fingerprint density at radius 3 is 1.18 bits per heavy atom. The van der Waals surface area contributed by atoms with Crippen molar-refractivity contribution < 1.29 is 24.5 Å². The van der Waals surface area contributed by atoms with Gasteiger partial charge in [-0.25, -0.2) is 0 Å². The van der Waals surface area contributed by atoms with Crippen molar-refractivity contribution >= 4 is 11.9 Å². The van der Waals surface area contributed by atoms with Crippen molar-refractivity contribution in [2.75, 3.05) is 13.2 Å². The molecule has 0 saturated heterocycles. The van der Waals surface area contributed by atoms with E-state index in [1.54, 1.807) is 6.08 Å². The largest absolute Gasteiger partial charge is 0.466 e. The van der Waals surface area contributed by atoms with Crippen molar-refractivity contribution in [3.05, 3.63) is 36.5 Å². The standard InChI is InChI=1S/C59H111NO5/c1-3-5-7-9-11-13-15-17-18-25-29-33-37-41-45-49-53-59(64)65-54-50-46-42-38-34-30-26-23-21-19-20-22-24-28-32-36-40-44-48-52-58(63)60-56(55-61)57(62)51-47-43-39-35-31-27-16-14-12-10-8-6-4-2/h13,15,18,25,47,51,56-57,61-62H,3-12,14,16-17,19-24,26-46,48-50,52-55H2,1-2H3,(H,60,63)/b15-13-,25-18-,51-47+. The molecule has 6 heteroatoms. The van der Waals surface area contributed by atoms with E-state index in [0.717, 1.165) is 51.4 Å². The lowest BCUT2D eigenvalue weighted by Crippen LogP contribution is -2.45. The highest BCUT2D eigenvalue weighted by atomic mass is 16.5. The molecule has 0 aromatic carbocycles. The number of carbonyl (C=O) groups is 2. The first-order valence-electron chi connectivity index (χ1n) is 28.8. The van der Waals surface area contributed by atoms with Gasteiger partial charge in [-0.2, -0.15) is 0 Å². The van der Waals surface area contributed by atoms with Gasteiger partial charge in [-0.3, -0.25) is 9.59 Å². The van der Waals surface area contributed by atoms with Crippen molar-refractivity contribution in [1.82, 2.24) is 5.32 Å². The molecular weight excluding hydrogens is 803 g/mol. The molecule has 1 amide bonds. The van der Waals surface area contributed by atoms with Crippen molar-refractivity contribution in [2.24, 2.45) is 0 Å². The molecular formula is C59H111NO5. The molecule has 2 atom stereocenters. The molecule has 6 nitrogen and oxygen atoms in total. The number of hydrogen-bond acceptors (Lipinski definition) is 5. The van der Waals surface area contributed by atoms with Crippen LogP contribution in [0.5, 0.6) is 0 Å². The first-order chi connectivity index (χ1) is 32.0. The number of hydrogen-bond donors (Lipinski definition) is 3. The quantitative estimate of drug-likeness (QED) is 0.0321. The van der Waals surface area contributed by atoms with E-state index in [4.69, 9.17) is 4.74 Å². The lowest BCUT2D eigenvalue weighted by molar-refractivity contribution is -0.143. The van der Waals surface area contributed by atoms with Crippen molar-refractivity contribution in [1.29, 1.82) is 0 Å². The average molecular weight is 915 g/mol. The Bertz CT molecular complexity index is 1060. The van der Waals surface area contributed by atoms with Crippen LogP contribution >= 0.6 is 0 Å². The third-order valence-corrected chi connectivity index (χ3v) is 13.2. The van der Waals surface area contributed by atoms with E-state index < -0.39 is 12.1 Å². The Balaban J connectivity index is 3.42. The van der Waals surface area contributed by atoms with E-state index in [1.165, 1.54) is 225 Å². The highest BCUT2D eigenvalue weighted by molar-refractivity contribution is 5.76. The summed E-state index contributed by atoms with van der Waals surface area (Å²) in [5.41, 5.74) is 0. The lowest BCUT2D eigenvalue weighted by Gasteiger charge is -2.20. The molecule has 0 spiro atoms. The van der Waals surface area contributed by atoms with Crippen LogP contribution in [0.1, 0.15) is 303 Å². The number of carbonyl (C=O) groups excluding carboxylic acids is 2. The summed E-state index contributed by atoms with van der Waals surface area (Å²) in [5.74, 6) is -0.0768. The molecule has 0 aliphatic rings. The SMILES string of the molecule is CCCCCC/C=C\C/C=C\CCCCCCCC(=O)OCCCCCCCCCCCCCCCCCCCCCC(=O)NC(CO)C(O)/C=C/CCCCCCCCCCCCC. The fraction of sp³-hybridized carbons (Fsp3) is 0.864. The highest BCUT2D eigenvalue weighted by Gasteiger charge is 2.18. The van der Waals surface area contributed by atoms with Gasteiger partial charge in [0, 0.05) is 12.8 Å². The van der Waals surface area contributed by atoms with Gasteiger partial charge in [0.05, 0.1) is 25.4 Å². The van der Waals surface area contributed by atoms with Gasteiger partial charge < -0.3 is 20.3 Å². The lowest BCUT2D eigenvalue weighted by atomic mass is 10.0. The average Bonchev–Trinajstić information content (AvgIpc) is 3.31. The summed E-state index contributed by atoms with van der Waals surface area (Å²) in [6.07, 6.45) is 67.3. The molecule has 0 bridgehead atoms. The van der Waals surface area contributed by atoms with Gasteiger partial charge in [-0.15, -0.1) is 0 Å². The van der Waals surface area contributed by atoms with Crippen LogP contribution < -0.4 is 5.32 Å². The third-order valence-electron chi connectivity index (χ3n) is 13.2. The first-order valence-corrected chi connectivity index (χ1v) is 28.8. The zero-order chi connectivity index (χ0) is 47.2. The minimum absolute atomic E-state index is 0.00543. The summed E-state index contributed by atoms with van der Waals surface area (Å²) in [7, 11) is 0. The van der Waals surface area contributed by atoms with Gasteiger partial charge in [-0.1, -0.05) is 262 Å². The van der Waals surface area contributed by atoms with E-state index in [9.17, 15) is 19.8 Å². The number of aliphatic hydroxyl groups excluding tert-OH is 2. The number of unbranched alkanes of at least 4 members (excludes halogenated alkanes) is 38. The molecule has 0 aliphatic heterocycles. The smallest absolute Gasteiger partial charge is 0.305 e. The Kier molecular flexibility index (Phi) is 53.1. The second kappa shape index (κ2) is 54.7. The van der Waals surface area contributed by atoms with Crippen LogP contribution in [-0.2, 0) is 14.3 Å². The number of ether oxygens (including phenoxy) is 1. The molecule has 0 aliphatic carbocycles. The van der Waals surface area contributed by atoms with Crippen molar-refractivity contribution in [2.45, 2.75) is 315 Å². The minimum Gasteiger partial charge on any atom is -0.466 e. The summed E-state index contributed by atoms with van der Waals surface area (Å²) < 4.78 is 5.47. The Morgan fingerprint density at radius 2 is 0.769 bits per heavy atom. The van der Waals surface area contributed by atoms with Crippen LogP contribution in [0, 0.1) is 0 Å². The molecule has 0 aromatic rings. The van der Waals surface area contributed by atoms with Crippen molar-refractivity contribution in [3.63, 3.8) is 0 Å². The summed E-state index contributed by atoms with van der Waals surface area (Å²) in [5, 5.41) is 23.1. The van der Waals surface area contributed by atoms with E-state index in [-0.39, 0.29) is 18.5 Å². The first kappa shape index (κ1) is 63.1. The molecule has 382 valence electrons. The number of rotatable bonds is 53. The van der Waals surface area contributed by atoms with Crippen LogP contribution in [0.2, 0.25) is 0 Å². The third kappa shape index (κ3) is 51.3. The molecule has 0 heterocycles. The molecule has 0 aromatic heterocycles. The fourth-order valence-electron chi connectivity index (χ4n) is 8.72. The Hall–Kier alpha value is -1.92. The Labute approximate surface area is 404 Å². The summed E-state index contributed by atoms with van der Waals surface area (Å²) in [4.78, 5) is 24.5. The van der Waals surface area contributed by atoms with E-state index >= 15 is 0 Å². The van der Waals surface area contributed by atoms with Gasteiger partial charge in [0.1, 0.15) is 0 Å². The summed E-state index contributed by atoms with van der Waals surface area (Å²) in [6.45, 7) is 4.87. The highest BCUT2D eigenvalue weighted by Crippen LogP contribution is 2.17. The molecule has 3 N–H and O–H groups in total. The monoisotopic (exact) mass is 914 g/mol. The second-order valence-corrected chi connectivity index (χ2v) is 19.6. The number of allylic oxidation sites excluding steroid dienone is 5. The number of amides is 1. The van der Waals surface area contributed by atoms with Crippen LogP contribution in [0.4, 0.5) is 0 Å². The van der Waals surface area contributed by atoms with Crippen LogP contribution in [-0.4, -0.2) is 47.4 Å². The second-order valence-electron chi connectivity index (χ2n) is 19.6. The van der Waals surface area contributed by atoms with E-state index in [1.807, 2.05) is 6.08 Å². The normalized spacial score (nSPS) is 12.9. The van der Waals surface area contributed by atoms with Crippen LogP contribution in [0.15, 0.2) is 36.5 Å². The maximum absolute atomic E-state index is 12.4. The zero-order valence-corrected chi connectivity index (χ0v) is 43.5. The fourth-order valence-corrected chi connectivity index (χ4v) is 8.72. The number of nitrogens with one attached hydrogen (secondary N) is 1. The van der Waals surface area contributed by atoms with Gasteiger partial charge in [0.2, 0.25) is 5.91 Å². The molecule has 0 fully saturated rings. The summed E-state index contributed by atoms with van der Waals surface area (Å²) >= 11 is 0. The molecule has 2 unspecified atom stereocenters. The van der Waals surface area contributed by atoms with Crippen molar-refractivity contribution in [3.8, 4) is 0 Å². The number of aliphatic hydroxyl groups is 2. The van der Waals surface area contributed by atoms with Crippen LogP contribution in [0.3, 0.4) is 0 Å². The van der Waals surface area contributed by atoms with Gasteiger partial charge in [-0.05, 0) is 64.2 Å². The number of esters is 1. The van der Waals surface area contributed by atoms with Crippen LogP contribution in [0.25, 0.3) is 0 Å². The molecule has 65 heavy (non-hydrogen) atoms. The topological polar surface area (TPSA) is 95.9 Å². The predicted octanol–water partition coefficient (Wildman–Crippen LogP) is 17.6. The predicted molar refractivity (Wildman–Crippen MR) is 283 cm³/mol. The minimum atomic E-state index is -0.846. The van der Waals surface area contributed by atoms with Gasteiger partial charge in [0.15, 0.2) is 0 Å². The molecule has 0 saturated carbocycles. The van der Waals surface area contributed by atoms with Gasteiger partial charge in [0.25, 0.3) is 0 Å². The Morgan fingerprint density at radius 1 is 0.431 bits per heavy atom. The zero-order valence-electron chi connectivity index (χ0n) is 43.5. The molecule has 0 radical (unpaired) electrons. The van der Waals surface area contributed by atoms with E-state index in [0.29, 0.717) is 19.4 Å². The van der Waals surface area contributed by atoms with E-state index in [2.05, 4.69) is 43.5 Å². The maximum atomic E-state index is 12.4. The molecule has 0 rings (SSSR count).